The van der Waals surface area contributed by atoms with Gasteiger partial charge in [-0.3, -0.25) is 0 Å². The van der Waals surface area contributed by atoms with E-state index in [0.717, 1.165) is 25.4 Å². The molecule has 0 aromatic heterocycles. The molecule has 0 aliphatic heterocycles. The van der Waals surface area contributed by atoms with E-state index in [1.54, 1.807) is 0 Å². The Morgan fingerprint density at radius 2 is 1.80 bits per heavy atom. The van der Waals surface area contributed by atoms with Crippen molar-refractivity contribution < 1.29 is 9.22 Å². The number of benzene rings is 1. The monoisotopic (exact) mass is 381 g/mol. The minimum atomic E-state index is -1.49. The number of hydrogen-bond acceptors (Lipinski definition) is 3. The van der Waals surface area contributed by atoms with Crippen LogP contribution in [0.2, 0.25) is 25.2 Å². The molecule has 0 saturated carbocycles. The van der Waals surface area contributed by atoms with Crippen molar-refractivity contribution in [1.29, 1.82) is 0 Å². The highest BCUT2D eigenvalue weighted by molar-refractivity contribution is 6.75. The molecule has 1 rings (SSSR count). The first-order valence-electron chi connectivity index (χ1n) is 10.1. The van der Waals surface area contributed by atoms with Crippen LogP contribution in [0.5, 0.6) is 0 Å². The minimum Gasteiger partial charge on any atom is -0.460 e. The van der Waals surface area contributed by atoms with Crippen molar-refractivity contribution in [3.05, 3.63) is 29.8 Å². The quantitative estimate of drug-likeness (QED) is 0.341. The Morgan fingerprint density at radius 1 is 1.04 bits per heavy atom. The van der Waals surface area contributed by atoms with Gasteiger partial charge in [-0.2, -0.15) is 0 Å². The average molecular weight is 382 g/mol. The van der Waals surface area contributed by atoms with Crippen LogP contribution in [-0.4, -0.2) is 36.3 Å². The first kappa shape index (κ1) is 22.4. The third kappa shape index (κ3) is 11.6. The normalized spacial score (nSPS) is 12.2. The first-order valence-corrected chi connectivity index (χ1v) is 14.8. The molecular weight excluding hydrogens is 342 g/mol. The van der Waals surface area contributed by atoms with Crippen molar-refractivity contribution >= 4 is 23.8 Å². The molecule has 0 saturated heterocycles. The van der Waals surface area contributed by atoms with Gasteiger partial charge in [0.25, 0.3) is 0 Å². The van der Waals surface area contributed by atoms with E-state index in [0.29, 0.717) is 6.61 Å². The Kier molecular flexibility index (Phi) is 12.2. The van der Waals surface area contributed by atoms with Gasteiger partial charge >= 0.3 is 0 Å². The topological polar surface area (TPSA) is 41.5 Å². The van der Waals surface area contributed by atoms with E-state index < -0.39 is 18.1 Å². The van der Waals surface area contributed by atoms with Gasteiger partial charge in [-0.05, 0) is 62.1 Å². The number of anilines is 1. The van der Waals surface area contributed by atoms with Gasteiger partial charge in [-0.1, -0.05) is 44.7 Å². The summed E-state index contributed by atoms with van der Waals surface area (Å²) < 4.78 is 6.22. The van der Waals surface area contributed by atoms with Crippen LogP contribution >= 0.6 is 0 Å². The molecule has 0 aliphatic carbocycles. The van der Waals surface area contributed by atoms with Crippen LogP contribution < -0.4 is 5.32 Å². The highest BCUT2D eigenvalue weighted by atomic mass is 28.4. The molecule has 0 aliphatic rings. The third-order valence-electron chi connectivity index (χ3n) is 4.60. The second kappa shape index (κ2) is 13.6. The Hall–Kier alpha value is -0.626. The zero-order valence-corrected chi connectivity index (χ0v) is 19.1. The lowest BCUT2D eigenvalue weighted by atomic mass is 10.1. The molecule has 1 aromatic rings. The number of nitrogens with one attached hydrogen (secondary N) is 1. The summed E-state index contributed by atoms with van der Waals surface area (Å²) in [5, 5.41) is 12.5. The maximum Gasteiger partial charge on any atom is 0.173 e. The molecule has 0 atom stereocenters. The van der Waals surface area contributed by atoms with E-state index in [1.165, 1.54) is 49.4 Å². The number of rotatable bonds is 15. The summed E-state index contributed by atoms with van der Waals surface area (Å²) in [4.78, 5) is 0. The highest BCUT2D eigenvalue weighted by Gasteiger charge is 2.20. The maximum atomic E-state index is 8.94. The summed E-state index contributed by atoms with van der Waals surface area (Å²) in [5.74, 6) is 0. The molecule has 0 spiro atoms. The van der Waals surface area contributed by atoms with Crippen LogP contribution in [0.1, 0.15) is 51.0 Å². The Bertz CT molecular complexity index is 438. The first-order chi connectivity index (χ1) is 12.1. The van der Waals surface area contributed by atoms with E-state index in [-0.39, 0.29) is 0 Å². The molecule has 2 N–H and O–H groups in total. The Morgan fingerprint density at radius 3 is 2.48 bits per heavy atom. The Labute approximate surface area is 158 Å². The molecule has 0 radical (unpaired) electrons. The van der Waals surface area contributed by atoms with Crippen molar-refractivity contribution in [3.8, 4) is 0 Å². The van der Waals surface area contributed by atoms with Crippen LogP contribution in [0.4, 0.5) is 5.69 Å². The fourth-order valence-corrected chi connectivity index (χ4v) is 7.76. The van der Waals surface area contributed by atoms with Crippen molar-refractivity contribution in [1.82, 2.24) is 0 Å². The third-order valence-corrected chi connectivity index (χ3v) is 10.9. The van der Waals surface area contributed by atoms with Crippen LogP contribution in [0.25, 0.3) is 0 Å². The molecule has 25 heavy (non-hydrogen) atoms. The molecule has 0 bridgehead atoms. The van der Waals surface area contributed by atoms with Gasteiger partial charge in [-0.15, -0.1) is 0 Å². The van der Waals surface area contributed by atoms with Crippen LogP contribution in [0.3, 0.4) is 0 Å². The zero-order valence-electron chi connectivity index (χ0n) is 16.7. The van der Waals surface area contributed by atoms with Gasteiger partial charge in [0.15, 0.2) is 8.32 Å². The molecule has 0 amide bonds. The van der Waals surface area contributed by atoms with E-state index in [1.807, 2.05) is 0 Å². The lowest BCUT2D eigenvalue weighted by molar-refractivity contribution is 0.293. The van der Waals surface area contributed by atoms with Crippen LogP contribution in [0, 0.1) is 0 Å². The fourth-order valence-electron chi connectivity index (χ4n) is 2.93. The van der Waals surface area contributed by atoms with Gasteiger partial charge < -0.3 is 14.5 Å². The van der Waals surface area contributed by atoms with Crippen molar-refractivity contribution in [2.45, 2.75) is 77.1 Å². The summed E-state index contributed by atoms with van der Waals surface area (Å²) >= 11 is 0. The smallest absolute Gasteiger partial charge is 0.173 e. The molecule has 0 unspecified atom stereocenters. The van der Waals surface area contributed by atoms with Gasteiger partial charge in [0.1, 0.15) is 9.76 Å². The van der Waals surface area contributed by atoms with E-state index in [2.05, 4.69) is 49.6 Å². The maximum absolute atomic E-state index is 8.94. The lowest BCUT2D eigenvalue weighted by Crippen LogP contribution is -2.32. The van der Waals surface area contributed by atoms with Gasteiger partial charge in [0.2, 0.25) is 0 Å². The molecule has 0 heterocycles. The summed E-state index contributed by atoms with van der Waals surface area (Å²) in [6, 6.07) is 11.3. The number of aliphatic hydroxyl groups is 1. The molecular formula is C20H39NO2Si2. The van der Waals surface area contributed by atoms with Crippen molar-refractivity contribution in [2.75, 3.05) is 18.5 Å². The second-order valence-corrected chi connectivity index (χ2v) is 13.9. The molecule has 3 nitrogen and oxygen atoms in total. The second-order valence-electron chi connectivity index (χ2n) is 7.58. The van der Waals surface area contributed by atoms with E-state index >= 15 is 0 Å². The van der Waals surface area contributed by atoms with Gasteiger partial charge in [-0.25, -0.2) is 0 Å². The molecule has 0 fully saturated rings. The SMILES string of the molecule is CCCCCCNc1ccc(CCC[SiH2]O[Si](C)(C)CCCO)cc1. The Balaban J connectivity index is 2.13. The highest BCUT2D eigenvalue weighted by Crippen LogP contribution is 2.15. The molecule has 144 valence electrons. The van der Waals surface area contributed by atoms with Gasteiger partial charge in [0.05, 0.1) is 0 Å². The van der Waals surface area contributed by atoms with Crippen molar-refractivity contribution in [3.63, 3.8) is 0 Å². The standard InChI is InChI=1S/C20H39NO2Si2/c1-4-5-6-7-15-21-20-13-11-19(12-14-20)10-8-17-24-23-25(2,3)18-9-16-22/h11-14,21-22H,4-10,15-18,24H2,1-3H3. The summed E-state index contributed by atoms with van der Waals surface area (Å²) in [6.45, 7) is 8.19. The van der Waals surface area contributed by atoms with Gasteiger partial charge in [0, 0.05) is 18.8 Å². The number of unbranched alkanes of at least 4 members (excludes halogenated alkanes) is 3. The van der Waals surface area contributed by atoms with Crippen LogP contribution in [-0.2, 0) is 10.5 Å². The number of hydrogen-bond donors (Lipinski definition) is 2. The van der Waals surface area contributed by atoms with E-state index in [4.69, 9.17) is 9.22 Å². The summed E-state index contributed by atoms with van der Waals surface area (Å²) in [5.41, 5.74) is 2.68. The predicted octanol–water partition coefficient (Wildman–Crippen LogP) is 4.72. The average Bonchev–Trinajstić information content (AvgIpc) is 2.61. The largest absolute Gasteiger partial charge is 0.460 e. The molecule has 1 aromatic carbocycles. The number of aryl methyl sites for hydroxylation is 1. The molecule has 5 heteroatoms. The van der Waals surface area contributed by atoms with E-state index in [9.17, 15) is 0 Å². The van der Waals surface area contributed by atoms with Crippen molar-refractivity contribution in [2.24, 2.45) is 0 Å². The fraction of sp³-hybridized carbons (Fsp3) is 0.700. The summed E-state index contributed by atoms with van der Waals surface area (Å²) in [7, 11) is -1.88. The zero-order chi connectivity index (χ0) is 18.4. The lowest BCUT2D eigenvalue weighted by Gasteiger charge is -2.22. The predicted molar refractivity (Wildman–Crippen MR) is 116 cm³/mol. The van der Waals surface area contributed by atoms with Crippen LogP contribution in [0.15, 0.2) is 24.3 Å². The number of aliphatic hydroxyl groups excluding tert-OH is 1. The minimum absolute atomic E-state index is 0.297. The summed E-state index contributed by atoms with van der Waals surface area (Å²) in [6.07, 6.45) is 8.52.